The highest BCUT2D eigenvalue weighted by atomic mass is 79.9. The zero-order valence-corrected chi connectivity index (χ0v) is 21.2. The molecular formula is C23H17Br2N3O7. The molecule has 12 heteroatoms. The number of nitrogens with one attached hydrogen (secondary N) is 1. The number of nitrogens with zero attached hydrogens (tertiary/aromatic N) is 2. The maximum absolute atomic E-state index is 12.3. The van der Waals surface area contributed by atoms with E-state index in [1.165, 1.54) is 30.5 Å². The van der Waals surface area contributed by atoms with Gasteiger partial charge in [-0.15, -0.1) is 0 Å². The molecule has 1 N–H and O–H groups in total. The predicted octanol–water partition coefficient (Wildman–Crippen LogP) is 4.88. The molecular weight excluding hydrogens is 590 g/mol. The van der Waals surface area contributed by atoms with Crippen molar-refractivity contribution in [3.8, 4) is 17.2 Å². The molecule has 3 rings (SSSR count). The number of benzene rings is 3. The van der Waals surface area contributed by atoms with E-state index in [1.54, 1.807) is 43.5 Å². The number of amides is 1. The second-order valence-electron chi connectivity index (χ2n) is 6.76. The average Bonchev–Trinajstić information content (AvgIpc) is 2.84. The minimum atomic E-state index is -0.669. The van der Waals surface area contributed by atoms with Gasteiger partial charge in [0.15, 0.2) is 6.61 Å². The van der Waals surface area contributed by atoms with Crippen molar-refractivity contribution in [1.29, 1.82) is 0 Å². The number of non-ortho nitro benzene ring substituents is 1. The summed E-state index contributed by atoms with van der Waals surface area (Å²) in [5.74, 6) is 0.242. The van der Waals surface area contributed by atoms with Gasteiger partial charge in [-0.25, -0.2) is 10.2 Å². The first-order chi connectivity index (χ1) is 16.8. The molecule has 0 aliphatic heterocycles. The average molecular weight is 607 g/mol. The number of halogens is 2. The van der Waals surface area contributed by atoms with Gasteiger partial charge in [0.25, 0.3) is 11.6 Å². The molecule has 0 radical (unpaired) electrons. The zero-order valence-electron chi connectivity index (χ0n) is 18.1. The maximum Gasteiger partial charge on any atom is 0.343 e. The molecule has 0 atom stereocenters. The van der Waals surface area contributed by atoms with E-state index in [9.17, 15) is 19.7 Å². The van der Waals surface area contributed by atoms with Crippen LogP contribution >= 0.6 is 31.9 Å². The molecule has 3 aromatic rings. The van der Waals surface area contributed by atoms with Crippen LogP contribution in [0.2, 0.25) is 0 Å². The Labute approximate surface area is 216 Å². The number of methoxy groups -OCH3 is 1. The SMILES string of the molecule is COc1ccc(OCC(=O)N/N=C\c2ccc(OC(=O)c3ccc([N+](=O)[O-])cc3)c(Br)c2)c(Br)c1. The first kappa shape index (κ1) is 25.8. The molecule has 0 saturated carbocycles. The van der Waals surface area contributed by atoms with Crippen molar-refractivity contribution in [2.24, 2.45) is 5.10 Å². The molecule has 0 saturated heterocycles. The van der Waals surface area contributed by atoms with Gasteiger partial charge in [-0.1, -0.05) is 0 Å². The van der Waals surface area contributed by atoms with Gasteiger partial charge in [-0.3, -0.25) is 14.9 Å². The van der Waals surface area contributed by atoms with Crippen LogP contribution in [-0.2, 0) is 4.79 Å². The topological polar surface area (TPSA) is 129 Å². The van der Waals surface area contributed by atoms with E-state index in [1.807, 2.05) is 0 Å². The molecule has 10 nitrogen and oxygen atoms in total. The van der Waals surface area contributed by atoms with Crippen LogP contribution in [0.3, 0.4) is 0 Å². The third-order valence-corrected chi connectivity index (χ3v) is 5.61. The van der Waals surface area contributed by atoms with E-state index >= 15 is 0 Å². The molecule has 0 unspecified atom stereocenters. The Bertz CT molecular complexity index is 1280. The van der Waals surface area contributed by atoms with Crippen molar-refractivity contribution in [3.63, 3.8) is 0 Å². The zero-order chi connectivity index (χ0) is 25.4. The number of hydrogen-bond donors (Lipinski definition) is 1. The Morgan fingerprint density at radius 1 is 1.03 bits per heavy atom. The second kappa shape index (κ2) is 12.1. The molecule has 0 spiro atoms. The maximum atomic E-state index is 12.3. The van der Waals surface area contributed by atoms with Crippen molar-refractivity contribution in [1.82, 2.24) is 5.43 Å². The van der Waals surface area contributed by atoms with Gasteiger partial charge < -0.3 is 14.2 Å². The number of esters is 1. The summed E-state index contributed by atoms with van der Waals surface area (Å²) in [6, 6.07) is 15.0. The summed E-state index contributed by atoms with van der Waals surface area (Å²) in [4.78, 5) is 34.4. The minimum absolute atomic E-state index is 0.126. The quantitative estimate of drug-likeness (QED) is 0.121. The number of carbonyl (C=O) groups is 2. The lowest BCUT2D eigenvalue weighted by atomic mass is 10.2. The summed E-state index contributed by atoms with van der Waals surface area (Å²) >= 11 is 6.66. The van der Waals surface area contributed by atoms with E-state index in [0.29, 0.717) is 26.0 Å². The van der Waals surface area contributed by atoms with Crippen LogP contribution in [0.1, 0.15) is 15.9 Å². The molecule has 0 fully saturated rings. The fourth-order valence-corrected chi connectivity index (χ4v) is 3.59. The fourth-order valence-electron chi connectivity index (χ4n) is 2.64. The number of rotatable bonds is 9. The normalized spacial score (nSPS) is 10.6. The highest BCUT2D eigenvalue weighted by molar-refractivity contribution is 9.10. The monoisotopic (exact) mass is 605 g/mol. The Hall–Kier alpha value is -3.77. The van der Waals surface area contributed by atoms with Gasteiger partial charge in [-0.05, 0) is 86.0 Å². The van der Waals surface area contributed by atoms with Gasteiger partial charge in [-0.2, -0.15) is 5.10 Å². The third kappa shape index (κ3) is 7.36. The first-order valence-electron chi connectivity index (χ1n) is 9.81. The van der Waals surface area contributed by atoms with Gasteiger partial charge in [0.05, 0.1) is 32.8 Å². The Morgan fingerprint density at radius 2 is 1.71 bits per heavy atom. The number of nitro benzene ring substituents is 1. The van der Waals surface area contributed by atoms with E-state index in [4.69, 9.17) is 14.2 Å². The van der Waals surface area contributed by atoms with Crippen LogP contribution in [0.4, 0.5) is 5.69 Å². The Morgan fingerprint density at radius 3 is 2.34 bits per heavy atom. The molecule has 0 bridgehead atoms. The van der Waals surface area contributed by atoms with Gasteiger partial charge in [0.1, 0.15) is 17.2 Å². The molecule has 0 aliphatic carbocycles. The minimum Gasteiger partial charge on any atom is -0.497 e. The highest BCUT2D eigenvalue weighted by Crippen LogP contribution is 2.29. The lowest BCUT2D eigenvalue weighted by Gasteiger charge is -2.08. The van der Waals surface area contributed by atoms with Crippen LogP contribution in [0, 0.1) is 10.1 Å². The number of nitro groups is 1. The summed E-state index contributed by atoms with van der Waals surface area (Å²) in [6.07, 6.45) is 1.41. The number of ether oxygens (including phenoxy) is 3. The van der Waals surface area contributed by atoms with E-state index in [0.717, 1.165) is 0 Å². The standard InChI is InChI=1S/C23H17Br2N3O7/c1-33-17-7-9-20(19(25)11-17)34-13-22(29)27-26-12-14-2-8-21(18(24)10-14)35-23(30)15-3-5-16(6-4-15)28(31)32/h2-12H,13H2,1H3,(H,27,29)/b26-12-. The number of hydrogen-bond acceptors (Lipinski definition) is 8. The van der Waals surface area contributed by atoms with E-state index in [-0.39, 0.29) is 23.6 Å². The summed E-state index contributed by atoms with van der Waals surface area (Å²) in [6.45, 7) is -0.247. The third-order valence-electron chi connectivity index (χ3n) is 4.37. The van der Waals surface area contributed by atoms with Crippen LogP contribution in [0.15, 0.2) is 74.7 Å². The molecule has 0 heterocycles. The van der Waals surface area contributed by atoms with Crippen LogP contribution in [0.5, 0.6) is 17.2 Å². The largest absolute Gasteiger partial charge is 0.497 e. The van der Waals surface area contributed by atoms with Gasteiger partial charge in [0.2, 0.25) is 0 Å². The molecule has 35 heavy (non-hydrogen) atoms. The van der Waals surface area contributed by atoms with Gasteiger partial charge in [0, 0.05) is 12.1 Å². The van der Waals surface area contributed by atoms with E-state index < -0.39 is 16.8 Å². The lowest BCUT2D eigenvalue weighted by Crippen LogP contribution is -2.24. The smallest absolute Gasteiger partial charge is 0.343 e. The van der Waals surface area contributed by atoms with Crippen molar-refractivity contribution in [2.45, 2.75) is 0 Å². The van der Waals surface area contributed by atoms with Crippen molar-refractivity contribution in [3.05, 3.63) is 90.9 Å². The highest BCUT2D eigenvalue weighted by Gasteiger charge is 2.13. The summed E-state index contributed by atoms with van der Waals surface area (Å²) in [7, 11) is 1.55. The van der Waals surface area contributed by atoms with Crippen molar-refractivity contribution < 1.29 is 28.7 Å². The predicted molar refractivity (Wildman–Crippen MR) is 134 cm³/mol. The fraction of sp³-hybridized carbons (Fsp3) is 0.0870. The van der Waals surface area contributed by atoms with E-state index in [2.05, 4.69) is 42.4 Å². The summed E-state index contributed by atoms with van der Waals surface area (Å²) < 4.78 is 17.0. The van der Waals surface area contributed by atoms with Crippen LogP contribution in [-0.4, -0.2) is 36.7 Å². The molecule has 1 amide bonds. The van der Waals surface area contributed by atoms with Crippen molar-refractivity contribution in [2.75, 3.05) is 13.7 Å². The molecule has 3 aromatic carbocycles. The molecule has 0 aromatic heterocycles. The van der Waals surface area contributed by atoms with Crippen molar-refractivity contribution >= 4 is 55.6 Å². The Kier molecular flexibility index (Phi) is 8.92. The summed E-state index contributed by atoms with van der Waals surface area (Å²) in [5.41, 5.74) is 3.02. The molecule has 0 aliphatic rings. The van der Waals surface area contributed by atoms with Crippen LogP contribution < -0.4 is 19.6 Å². The van der Waals surface area contributed by atoms with Crippen LogP contribution in [0.25, 0.3) is 0 Å². The summed E-state index contributed by atoms with van der Waals surface area (Å²) in [5, 5.41) is 14.6. The Balaban J connectivity index is 1.52. The number of hydrazone groups is 1. The lowest BCUT2D eigenvalue weighted by molar-refractivity contribution is -0.384. The number of carbonyl (C=O) groups excluding carboxylic acids is 2. The molecule has 180 valence electrons. The first-order valence-corrected chi connectivity index (χ1v) is 11.4. The second-order valence-corrected chi connectivity index (χ2v) is 8.47. The van der Waals surface area contributed by atoms with Gasteiger partial charge >= 0.3 is 5.97 Å².